The smallest absolute Gasteiger partial charge is 0.248 e. The minimum absolute atomic E-state index is 0.183. The highest BCUT2D eigenvalue weighted by molar-refractivity contribution is 7.09. The van der Waals surface area contributed by atoms with Gasteiger partial charge in [0.1, 0.15) is 5.01 Å². The normalized spacial score (nSPS) is 11.6. The molecule has 0 fully saturated rings. The van der Waals surface area contributed by atoms with Crippen LogP contribution in [0.3, 0.4) is 0 Å². The van der Waals surface area contributed by atoms with Gasteiger partial charge in [0.2, 0.25) is 5.91 Å². The summed E-state index contributed by atoms with van der Waals surface area (Å²) in [5.41, 5.74) is 1.16. The van der Waals surface area contributed by atoms with Crippen LogP contribution in [0.5, 0.6) is 0 Å². The molecule has 1 atom stereocenters. The van der Waals surface area contributed by atoms with Crippen molar-refractivity contribution in [3.8, 4) is 6.07 Å². The fourth-order valence-corrected chi connectivity index (χ4v) is 2.42. The Morgan fingerprint density at radius 1 is 1.63 bits per heavy atom. The van der Waals surface area contributed by atoms with Crippen LogP contribution in [-0.4, -0.2) is 15.9 Å². The molecule has 5 nitrogen and oxygen atoms in total. The highest BCUT2D eigenvalue weighted by Gasteiger charge is 2.24. The number of nitrogens with one attached hydrogen (secondary N) is 1. The number of nitrogens with zero attached hydrogens (tertiary/aromatic N) is 3. The molecule has 0 saturated heterocycles. The summed E-state index contributed by atoms with van der Waals surface area (Å²) in [6.45, 7) is 1.81. The Labute approximate surface area is 118 Å². The van der Waals surface area contributed by atoms with Crippen molar-refractivity contribution in [2.24, 2.45) is 0 Å². The Morgan fingerprint density at radius 3 is 3.00 bits per heavy atom. The summed E-state index contributed by atoms with van der Waals surface area (Å²) in [5, 5.41) is 14.1. The number of aromatic nitrogens is 2. The molecular formula is C12H9ClN4OS. The first-order valence-electron chi connectivity index (χ1n) is 5.35. The second kappa shape index (κ2) is 5.78. The van der Waals surface area contributed by atoms with Crippen LogP contribution in [0.15, 0.2) is 23.7 Å². The third-order valence-electron chi connectivity index (χ3n) is 2.29. The molecule has 0 saturated carbocycles. The molecule has 0 aliphatic heterocycles. The summed E-state index contributed by atoms with van der Waals surface area (Å²) in [7, 11) is 0. The molecule has 2 aromatic rings. The highest BCUT2D eigenvalue weighted by Crippen LogP contribution is 2.23. The van der Waals surface area contributed by atoms with Gasteiger partial charge in [-0.3, -0.25) is 4.79 Å². The summed E-state index contributed by atoms with van der Waals surface area (Å²) < 4.78 is 0. The Hall–Kier alpha value is -1.97. The molecule has 1 unspecified atom stereocenters. The maximum absolute atomic E-state index is 12.1. The lowest BCUT2D eigenvalue weighted by atomic mass is 10.1. The third kappa shape index (κ3) is 3.08. The van der Waals surface area contributed by atoms with Crippen molar-refractivity contribution >= 4 is 34.5 Å². The number of pyridine rings is 1. The van der Waals surface area contributed by atoms with Crippen molar-refractivity contribution in [2.45, 2.75) is 12.8 Å². The summed E-state index contributed by atoms with van der Waals surface area (Å²) in [6, 6.07) is 5.21. The van der Waals surface area contributed by atoms with E-state index in [-0.39, 0.29) is 5.15 Å². The zero-order valence-electron chi connectivity index (χ0n) is 9.92. The molecule has 0 spiro atoms. The number of carbonyl (C=O) groups excluding carboxylic acids is 1. The number of hydrogen-bond donors (Lipinski definition) is 1. The van der Waals surface area contributed by atoms with Crippen LogP contribution in [0.1, 0.15) is 16.6 Å². The summed E-state index contributed by atoms with van der Waals surface area (Å²) in [6.07, 6.45) is 1.52. The standard InChI is InChI=1S/C12H9ClN4OS/c1-7-6-19-12(16-7)8(5-14)11(18)17-9-3-2-4-15-10(9)13/h2-4,6,8H,1H3,(H,17,18). The first-order valence-corrected chi connectivity index (χ1v) is 6.60. The molecule has 1 N–H and O–H groups in total. The van der Waals surface area contributed by atoms with Gasteiger partial charge in [-0.05, 0) is 19.1 Å². The van der Waals surface area contributed by atoms with Crippen LogP contribution in [0.2, 0.25) is 5.15 Å². The van der Waals surface area contributed by atoms with E-state index in [4.69, 9.17) is 16.9 Å². The van der Waals surface area contributed by atoms with Crippen molar-refractivity contribution in [1.82, 2.24) is 9.97 Å². The molecule has 1 amide bonds. The van der Waals surface area contributed by atoms with Gasteiger partial charge < -0.3 is 5.32 Å². The molecule has 0 radical (unpaired) electrons. The van der Waals surface area contributed by atoms with Crippen LogP contribution >= 0.6 is 22.9 Å². The van der Waals surface area contributed by atoms with Crippen molar-refractivity contribution in [3.05, 3.63) is 39.6 Å². The van der Waals surface area contributed by atoms with Crippen LogP contribution < -0.4 is 5.32 Å². The van der Waals surface area contributed by atoms with E-state index in [1.807, 2.05) is 13.0 Å². The van der Waals surface area contributed by atoms with Gasteiger partial charge in [0.15, 0.2) is 11.1 Å². The second-order valence-electron chi connectivity index (χ2n) is 3.72. The van der Waals surface area contributed by atoms with Gasteiger partial charge in [-0.2, -0.15) is 5.26 Å². The van der Waals surface area contributed by atoms with E-state index in [0.29, 0.717) is 10.7 Å². The van der Waals surface area contributed by atoms with E-state index in [0.717, 1.165) is 5.69 Å². The van der Waals surface area contributed by atoms with E-state index in [1.54, 1.807) is 17.5 Å². The predicted octanol–water partition coefficient (Wildman–Crippen LogP) is 2.75. The molecular weight excluding hydrogens is 284 g/mol. The van der Waals surface area contributed by atoms with E-state index >= 15 is 0 Å². The Morgan fingerprint density at radius 2 is 2.42 bits per heavy atom. The zero-order chi connectivity index (χ0) is 13.8. The number of aryl methyl sites for hydroxylation is 1. The minimum atomic E-state index is -0.949. The molecule has 96 valence electrons. The number of rotatable bonds is 3. The summed E-state index contributed by atoms with van der Waals surface area (Å²) in [4.78, 5) is 20.1. The van der Waals surface area contributed by atoms with Gasteiger partial charge in [0.25, 0.3) is 0 Å². The summed E-state index contributed by atoms with van der Waals surface area (Å²) >= 11 is 7.13. The zero-order valence-corrected chi connectivity index (χ0v) is 11.5. The fraction of sp³-hybridized carbons (Fsp3) is 0.167. The SMILES string of the molecule is Cc1csc(C(C#N)C(=O)Nc2cccnc2Cl)n1. The van der Waals surface area contributed by atoms with Gasteiger partial charge in [-0.25, -0.2) is 9.97 Å². The van der Waals surface area contributed by atoms with E-state index in [1.165, 1.54) is 17.5 Å². The molecule has 7 heteroatoms. The van der Waals surface area contributed by atoms with Crippen molar-refractivity contribution in [1.29, 1.82) is 5.26 Å². The first-order chi connectivity index (χ1) is 9.11. The molecule has 0 aliphatic carbocycles. The first kappa shape index (κ1) is 13.5. The van der Waals surface area contributed by atoms with Crippen LogP contribution in [-0.2, 0) is 4.79 Å². The molecule has 2 heterocycles. The number of thiazole rings is 1. The number of halogens is 1. The predicted molar refractivity (Wildman–Crippen MR) is 73.1 cm³/mol. The number of nitriles is 1. The van der Waals surface area contributed by atoms with Gasteiger partial charge >= 0.3 is 0 Å². The topological polar surface area (TPSA) is 78.7 Å². The quantitative estimate of drug-likeness (QED) is 0.882. The molecule has 2 rings (SSSR count). The van der Waals surface area contributed by atoms with Gasteiger partial charge in [0.05, 0.1) is 11.8 Å². The van der Waals surface area contributed by atoms with Crippen LogP contribution in [0, 0.1) is 18.3 Å². The third-order valence-corrected chi connectivity index (χ3v) is 3.62. The fourth-order valence-electron chi connectivity index (χ4n) is 1.41. The Kier molecular flexibility index (Phi) is 4.10. The van der Waals surface area contributed by atoms with Crippen molar-refractivity contribution < 1.29 is 4.79 Å². The second-order valence-corrected chi connectivity index (χ2v) is 4.97. The Balaban J connectivity index is 2.19. The number of hydrogen-bond acceptors (Lipinski definition) is 5. The van der Waals surface area contributed by atoms with Gasteiger partial charge in [-0.1, -0.05) is 11.6 Å². The lowest BCUT2D eigenvalue weighted by Gasteiger charge is -2.08. The Bertz CT molecular complexity index is 649. The van der Waals surface area contributed by atoms with Gasteiger partial charge in [-0.15, -0.1) is 11.3 Å². The van der Waals surface area contributed by atoms with Crippen LogP contribution in [0.4, 0.5) is 5.69 Å². The molecule has 0 aliphatic rings. The number of anilines is 1. The largest absolute Gasteiger partial charge is 0.322 e. The molecule has 0 bridgehead atoms. The number of amides is 1. The molecule has 0 aromatic carbocycles. The van der Waals surface area contributed by atoms with E-state index in [2.05, 4.69) is 15.3 Å². The minimum Gasteiger partial charge on any atom is -0.322 e. The van der Waals surface area contributed by atoms with Crippen molar-refractivity contribution in [2.75, 3.05) is 5.32 Å². The van der Waals surface area contributed by atoms with E-state index < -0.39 is 11.8 Å². The number of carbonyl (C=O) groups is 1. The average Bonchev–Trinajstić information content (AvgIpc) is 2.80. The summed E-state index contributed by atoms with van der Waals surface area (Å²) in [5.74, 6) is -1.42. The molecule has 19 heavy (non-hydrogen) atoms. The van der Waals surface area contributed by atoms with Crippen LogP contribution in [0.25, 0.3) is 0 Å². The lowest BCUT2D eigenvalue weighted by molar-refractivity contribution is -0.116. The monoisotopic (exact) mass is 292 g/mol. The van der Waals surface area contributed by atoms with Gasteiger partial charge in [0, 0.05) is 17.3 Å². The van der Waals surface area contributed by atoms with Crippen molar-refractivity contribution in [3.63, 3.8) is 0 Å². The average molecular weight is 293 g/mol. The highest BCUT2D eigenvalue weighted by atomic mass is 35.5. The maximum Gasteiger partial charge on any atom is 0.248 e. The maximum atomic E-state index is 12.1. The lowest BCUT2D eigenvalue weighted by Crippen LogP contribution is -2.20. The van der Waals surface area contributed by atoms with E-state index in [9.17, 15) is 4.79 Å². The molecule has 2 aromatic heterocycles.